The van der Waals surface area contributed by atoms with Gasteiger partial charge in [-0.3, -0.25) is 14.4 Å². The van der Waals surface area contributed by atoms with Crippen LogP contribution in [0.4, 0.5) is 0 Å². The Morgan fingerprint density at radius 2 is 1.73 bits per heavy atom. The average Bonchev–Trinajstić information content (AvgIpc) is 3.51. The number of aliphatic carboxylic acids is 1. The van der Waals surface area contributed by atoms with Crippen molar-refractivity contribution in [3.8, 4) is 0 Å². The van der Waals surface area contributed by atoms with Gasteiger partial charge in [0.25, 0.3) is 0 Å². The van der Waals surface area contributed by atoms with Gasteiger partial charge in [0.2, 0.25) is 17.7 Å². The van der Waals surface area contributed by atoms with E-state index < -0.39 is 35.9 Å². The highest BCUT2D eigenvalue weighted by atomic mass is 16.4. The number of carboxylic acid groups (broad SMARTS) is 1. The summed E-state index contributed by atoms with van der Waals surface area (Å²) in [6.45, 7) is 8.22. The fourth-order valence-electron chi connectivity index (χ4n) is 4.65. The van der Waals surface area contributed by atoms with Crippen LogP contribution < -0.4 is 21.3 Å². The molecule has 4 unspecified atom stereocenters. The maximum Gasteiger partial charge on any atom is 0.326 e. The molecule has 1 aromatic heterocycles. The SMILES string of the molecule is CC(C)CC(NC(=O)C1CCCN1)C(=O)NC(C(=O)NC(Cc1c[nH]c2ccccc12)C(=O)O)C(C)C. The average molecular weight is 514 g/mol. The van der Waals surface area contributed by atoms with Crippen LogP contribution in [-0.4, -0.2) is 64.5 Å². The highest BCUT2D eigenvalue weighted by Gasteiger charge is 2.33. The molecule has 2 aromatic rings. The Balaban J connectivity index is 1.69. The second kappa shape index (κ2) is 12.7. The van der Waals surface area contributed by atoms with E-state index in [0.717, 1.165) is 29.4 Å². The van der Waals surface area contributed by atoms with Gasteiger partial charge in [0.15, 0.2) is 0 Å². The van der Waals surface area contributed by atoms with Gasteiger partial charge in [-0.05, 0) is 49.3 Å². The minimum atomic E-state index is -1.18. The third kappa shape index (κ3) is 7.55. The number of carbonyl (C=O) groups is 4. The van der Waals surface area contributed by atoms with E-state index in [2.05, 4.69) is 26.3 Å². The first-order chi connectivity index (χ1) is 17.6. The van der Waals surface area contributed by atoms with Crippen molar-refractivity contribution in [2.24, 2.45) is 11.8 Å². The molecule has 4 atom stereocenters. The molecule has 1 aromatic carbocycles. The number of rotatable bonds is 12. The van der Waals surface area contributed by atoms with Crippen molar-refractivity contribution in [1.29, 1.82) is 0 Å². The Morgan fingerprint density at radius 3 is 2.35 bits per heavy atom. The number of hydrogen-bond acceptors (Lipinski definition) is 5. The molecule has 10 nitrogen and oxygen atoms in total. The lowest BCUT2D eigenvalue weighted by Gasteiger charge is -2.27. The summed E-state index contributed by atoms with van der Waals surface area (Å²) in [5.74, 6) is -2.61. The van der Waals surface area contributed by atoms with Crippen LogP contribution in [0.3, 0.4) is 0 Å². The summed E-state index contributed by atoms with van der Waals surface area (Å²) in [7, 11) is 0. The Bertz CT molecular complexity index is 1110. The van der Waals surface area contributed by atoms with Gasteiger partial charge in [-0.1, -0.05) is 45.9 Å². The molecular weight excluding hydrogens is 474 g/mol. The van der Waals surface area contributed by atoms with E-state index in [-0.39, 0.29) is 30.2 Å². The van der Waals surface area contributed by atoms with Crippen molar-refractivity contribution in [2.45, 2.75) is 77.5 Å². The van der Waals surface area contributed by atoms with E-state index in [9.17, 15) is 24.3 Å². The second-order valence-corrected chi connectivity index (χ2v) is 10.5. The Labute approximate surface area is 217 Å². The molecule has 202 valence electrons. The van der Waals surface area contributed by atoms with Gasteiger partial charge in [0.1, 0.15) is 18.1 Å². The number of carbonyl (C=O) groups excluding carboxylic acids is 3. The highest BCUT2D eigenvalue weighted by Crippen LogP contribution is 2.19. The zero-order chi connectivity index (χ0) is 27.1. The van der Waals surface area contributed by atoms with E-state index in [1.165, 1.54) is 0 Å². The molecule has 0 spiro atoms. The molecule has 1 saturated heterocycles. The maximum absolute atomic E-state index is 13.2. The third-order valence-electron chi connectivity index (χ3n) is 6.68. The van der Waals surface area contributed by atoms with Gasteiger partial charge in [0, 0.05) is 23.5 Å². The van der Waals surface area contributed by atoms with E-state index >= 15 is 0 Å². The Hall–Kier alpha value is -3.40. The Morgan fingerprint density at radius 1 is 1.00 bits per heavy atom. The molecule has 3 rings (SSSR count). The van der Waals surface area contributed by atoms with Crippen LogP contribution >= 0.6 is 0 Å². The Kier molecular flexibility index (Phi) is 9.68. The van der Waals surface area contributed by atoms with Crippen LogP contribution in [0.5, 0.6) is 0 Å². The lowest BCUT2D eigenvalue weighted by atomic mass is 9.98. The van der Waals surface area contributed by atoms with Crippen molar-refractivity contribution in [1.82, 2.24) is 26.3 Å². The highest BCUT2D eigenvalue weighted by molar-refractivity contribution is 5.94. The third-order valence-corrected chi connectivity index (χ3v) is 6.68. The minimum Gasteiger partial charge on any atom is -0.480 e. The molecule has 0 bridgehead atoms. The van der Waals surface area contributed by atoms with Crippen molar-refractivity contribution in [3.05, 3.63) is 36.0 Å². The quantitative estimate of drug-likeness (QED) is 0.254. The molecule has 0 radical (unpaired) electrons. The van der Waals surface area contributed by atoms with Gasteiger partial charge >= 0.3 is 5.97 Å². The van der Waals surface area contributed by atoms with Crippen LogP contribution in [0.1, 0.15) is 52.5 Å². The van der Waals surface area contributed by atoms with Crippen molar-refractivity contribution in [3.63, 3.8) is 0 Å². The van der Waals surface area contributed by atoms with Crippen molar-refractivity contribution in [2.75, 3.05) is 6.54 Å². The van der Waals surface area contributed by atoms with Crippen molar-refractivity contribution < 1.29 is 24.3 Å². The van der Waals surface area contributed by atoms with Gasteiger partial charge in [-0.15, -0.1) is 0 Å². The number of hydrogen-bond donors (Lipinski definition) is 6. The maximum atomic E-state index is 13.2. The van der Waals surface area contributed by atoms with Gasteiger partial charge in [-0.2, -0.15) is 0 Å². The van der Waals surface area contributed by atoms with Crippen LogP contribution in [0.25, 0.3) is 10.9 Å². The molecule has 2 heterocycles. The van der Waals surface area contributed by atoms with Crippen LogP contribution in [0.15, 0.2) is 30.5 Å². The number of para-hydroxylation sites is 1. The van der Waals surface area contributed by atoms with Gasteiger partial charge in [0.05, 0.1) is 6.04 Å². The molecule has 0 saturated carbocycles. The van der Waals surface area contributed by atoms with Crippen LogP contribution in [0, 0.1) is 11.8 Å². The fraction of sp³-hybridized carbons (Fsp3) is 0.556. The van der Waals surface area contributed by atoms with Crippen LogP contribution in [-0.2, 0) is 25.6 Å². The lowest BCUT2D eigenvalue weighted by Crippen LogP contribution is -2.58. The first-order valence-electron chi connectivity index (χ1n) is 13.0. The first-order valence-corrected chi connectivity index (χ1v) is 13.0. The molecule has 3 amide bonds. The fourth-order valence-corrected chi connectivity index (χ4v) is 4.65. The van der Waals surface area contributed by atoms with Gasteiger partial charge < -0.3 is 31.4 Å². The number of aromatic amines is 1. The molecule has 1 aliphatic heterocycles. The topological polar surface area (TPSA) is 152 Å². The zero-order valence-electron chi connectivity index (χ0n) is 22.0. The summed E-state index contributed by atoms with van der Waals surface area (Å²) in [6.07, 6.45) is 3.86. The summed E-state index contributed by atoms with van der Waals surface area (Å²) in [5, 5.41) is 22.0. The predicted molar refractivity (Wildman–Crippen MR) is 141 cm³/mol. The number of benzene rings is 1. The number of aromatic nitrogens is 1. The standard InChI is InChI=1S/C27H39N5O5/c1-15(2)12-21(30-24(33)20-10-7-11-28-20)25(34)32-23(16(3)4)26(35)31-22(27(36)37)13-17-14-29-19-9-6-5-8-18(17)19/h5-6,8-9,14-16,20-23,28-29H,7,10-13H2,1-4H3,(H,30,33)(H,31,35)(H,32,34)(H,36,37). The molecular formula is C27H39N5O5. The lowest BCUT2D eigenvalue weighted by molar-refractivity contribution is -0.142. The molecule has 0 aliphatic carbocycles. The largest absolute Gasteiger partial charge is 0.480 e. The van der Waals surface area contributed by atoms with E-state index in [1.807, 2.05) is 38.1 Å². The van der Waals surface area contributed by atoms with E-state index in [0.29, 0.717) is 12.8 Å². The normalized spacial score (nSPS) is 17.9. The number of nitrogens with one attached hydrogen (secondary N) is 5. The smallest absolute Gasteiger partial charge is 0.326 e. The van der Waals surface area contributed by atoms with Gasteiger partial charge in [-0.25, -0.2) is 4.79 Å². The molecule has 37 heavy (non-hydrogen) atoms. The number of H-pyrrole nitrogens is 1. The number of carboxylic acids is 1. The summed E-state index contributed by atoms with van der Waals surface area (Å²) in [6, 6.07) is 4.27. The molecule has 1 fully saturated rings. The second-order valence-electron chi connectivity index (χ2n) is 10.5. The summed E-state index contributed by atoms with van der Waals surface area (Å²) < 4.78 is 0. The molecule has 1 aliphatic rings. The monoisotopic (exact) mass is 513 g/mol. The minimum absolute atomic E-state index is 0.0876. The number of fused-ring (bicyclic) bond motifs is 1. The summed E-state index contributed by atoms with van der Waals surface area (Å²) in [4.78, 5) is 54.2. The number of amides is 3. The van der Waals surface area contributed by atoms with E-state index in [1.54, 1.807) is 20.0 Å². The van der Waals surface area contributed by atoms with E-state index in [4.69, 9.17) is 0 Å². The summed E-state index contributed by atoms with van der Waals surface area (Å²) >= 11 is 0. The first kappa shape index (κ1) is 28.2. The summed E-state index contributed by atoms with van der Waals surface area (Å²) in [5.41, 5.74) is 1.65. The van der Waals surface area contributed by atoms with Crippen molar-refractivity contribution >= 4 is 34.6 Å². The van der Waals surface area contributed by atoms with Crippen LogP contribution in [0.2, 0.25) is 0 Å². The molecule has 10 heteroatoms. The zero-order valence-corrected chi connectivity index (χ0v) is 22.0. The molecule has 6 N–H and O–H groups in total. The predicted octanol–water partition coefficient (Wildman–Crippen LogP) is 1.70.